The van der Waals surface area contributed by atoms with Gasteiger partial charge in [0.1, 0.15) is 0 Å². The maximum atomic E-state index is 12.3. The van der Waals surface area contributed by atoms with E-state index < -0.39 is 0 Å². The van der Waals surface area contributed by atoms with Gasteiger partial charge in [-0.25, -0.2) is 0 Å². The molecule has 47 heavy (non-hydrogen) atoms. The van der Waals surface area contributed by atoms with E-state index in [4.69, 9.17) is 4.99 Å². The summed E-state index contributed by atoms with van der Waals surface area (Å²) >= 11 is 0. The molecule has 3 rings (SSSR count). The van der Waals surface area contributed by atoms with Gasteiger partial charge >= 0.3 is 0 Å². The van der Waals surface area contributed by atoms with Crippen LogP contribution in [0, 0.1) is 32.5 Å². The number of allylic oxidation sites excluding steroid dienone is 8. The van der Waals surface area contributed by atoms with Crippen LogP contribution in [-0.2, 0) is 4.79 Å². The predicted molar refractivity (Wildman–Crippen MR) is 208 cm³/mol. The van der Waals surface area contributed by atoms with Crippen LogP contribution in [0.3, 0.4) is 0 Å². The fourth-order valence-corrected chi connectivity index (χ4v) is 6.48. The lowest BCUT2D eigenvalue weighted by Crippen LogP contribution is -2.39. The minimum absolute atomic E-state index is 0.0795. The third-order valence-electron chi connectivity index (χ3n) is 9.06. The summed E-state index contributed by atoms with van der Waals surface area (Å²) in [5.41, 5.74) is 11.1. The van der Waals surface area contributed by atoms with Crippen LogP contribution in [-0.4, -0.2) is 17.5 Å². The molecule has 3 aliphatic rings. The normalized spacial score (nSPS) is 20.6. The number of hydrogen-bond acceptors (Lipinski definition) is 4. The molecule has 0 aliphatic carbocycles. The fraction of sp³-hybridized carbons (Fsp3) is 0.767. The van der Waals surface area contributed by atoms with E-state index in [-0.39, 0.29) is 32.9 Å². The number of rotatable bonds is 0. The molecule has 0 saturated carbocycles. The van der Waals surface area contributed by atoms with Gasteiger partial charge in [-0.2, -0.15) is 0 Å². The van der Waals surface area contributed by atoms with Gasteiger partial charge in [0.15, 0.2) is 5.78 Å². The summed E-state index contributed by atoms with van der Waals surface area (Å²) in [5.74, 6) is 0.267. The Labute approximate surface area is 292 Å². The molecule has 3 aliphatic heterocycles. The maximum Gasteiger partial charge on any atom is 0.161 e. The molecule has 0 aromatic carbocycles. The smallest absolute Gasteiger partial charge is 0.161 e. The van der Waals surface area contributed by atoms with Crippen molar-refractivity contribution in [3.63, 3.8) is 0 Å². The quantitative estimate of drug-likeness (QED) is 0.274. The maximum absolute atomic E-state index is 12.3. The number of nitrogens with zero attached hydrogens (tertiary/aromatic N) is 1. The second kappa shape index (κ2) is 15.2. The van der Waals surface area contributed by atoms with Crippen molar-refractivity contribution in [3.05, 3.63) is 45.6 Å². The van der Waals surface area contributed by atoms with E-state index in [1.165, 1.54) is 29.9 Å². The van der Waals surface area contributed by atoms with E-state index in [0.717, 1.165) is 29.8 Å². The lowest BCUT2D eigenvalue weighted by molar-refractivity contribution is -0.116. The lowest BCUT2D eigenvalue weighted by Gasteiger charge is -2.39. The molecule has 0 amide bonds. The van der Waals surface area contributed by atoms with Crippen LogP contribution in [0.15, 0.2) is 50.6 Å². The van der Waals surface area contributed by atoms with Crippen LogP contribution >= 0.6 is 0 Å². The summed E-state index contributed by atoms with van der Waals surface area (Å²) in [6, 6.07) is 0.630. The first-order valence-corrected chi connectivity index (χ1v) is 18.3. The van der Waals surface area contributed by atoms with Crippen LogP contribution in [0.4, 0.5) is 0 Å². The zero-order valence-corrected chi connectivity index (χ0v) is 35.0. The second-order valence-corrected chi connectivity index (χ2v) is 20.5. The summed E-state index contributed by atoms with van der Waals surface area (Å²) in [7, 11) is 0. The molecule has 4 nitrogen and oxygen atoms in total. The van der Waals surface area contributed by atoms with Gasteiger partial charge in [-0.15, -0.1) is 0 Å². The first-order valence-electron chi connectivity index (χ1n) is 18.3. The van der Waals surface area contributed by atoms with Crippen LogP contribution < -0.4 is 10.6 Å². The largest absolute Gasteiger partial charge is 0.385 e. The van der Waals surface area contributed by atoms with Gasteiger partial charge in [-0.3, -0.25) is 9.79 Å². The highest BCUT2D eigenvalue weighted by Gasteiger charge is 2.34. The van der Waals surface area contributed by atoms with Gasteiger partial charge in [-0.1, -0.05) is 131 Å². The number of Topliss-reactive ketones (excluding diaryl/α,β-unsaturated/α-hetero) is 1. The molecule has 1 unspecified atom stereocenters. The predicted octanol–water partition coefficient (Wildman–Crippen LogP) is 12.5. The van der Waals surface area contributed by atoms with Crippen LogP contribution in [0.2, 0.25) is 0 Å². The zero-order valence-electron chi connectivity index (χ0n) is 35.0. The lowest BCUT2D eigenvalue weighted by atomic mass is 9.74. The van der Waals surface area contributed by atoms with E-state index >= 15 is 0 Å². The number of ketones is 1. The van der Waals surface area contributed by atoms with Crippen molar-refractivity contribution >= 4 is 11.5 Å². The molecule has 0 spiro atoms. The summed E-state index contributed by atoms with van der Waals surface area (Å²) in [4.78, 5) is 17.1. The van der Waals surface area contributed by atoms with Crippen molar-refractivity contribution < 1.29 is 4.79 Å². The fourth-order valence-electron chi connectivity index (χ4n) is 6.48. The Balaban J connectivity index is 0.000000353. The molecule has 2 N–H and O–H groups in total. The summed E-state index contributed by atoms with van der Waals surface area (Å²) in [5, 5.41) is 7.25. The molecule has 270 valence electrons. The number of hydrogen-bond donors (Lipinski definition) is 2. The van der Waals surface area contributed by atoms with Gasteiger partial charge in [0.05, 0.1) is 5.70 Å². The van der Waals surface area contributed by atoms with Gasteiger partial charge < -0.3 is 10.6 Å². The van der Waals surface area contributed by atoms with E-state index in [2.05, 4.69) is 155 Å². The van der Waals surface area contributed by atoms with Crippen molar-refractivity contribution in [2.75, 3.05) is 0 Å². The van der Waals surface area contributed by atoms with Gasteiger partial charge in [0, 0.05) is 57.1 Å². The highest BCUT2D eigenvalue weighted by molar-refractivity contribution is 6.01. The first-order chi connectivity index (χ1) is 20.8. The number of aliphatic imine (C=N–C) groups is 1. The van der Waals surface area contributed by atoms with Crippen molar-refractivity contribution in [1.29, 1.82) is 0 Å². The number of dihydropyridines is 1. The summed E-state index contributed by atoms with van der Waals surface area (Å²) in [6.07, 6.45) is 7.29. The van der Waals surface area contributed by atoms with Crippen molar-refractivity contribution in [1.82, 2.24) is 10.6 Å². The second-order valence-electron chi connectivity index (χ2n) is 20.5. The molecule has 0 fully saturated rings. The first kappa shape index (κ1) is 42.9. The molecule has 4 heteroatoms. The van der Waals surface area contributed by atoms with Crippen LogP contribution in [0.5, 0.6) is 0 Å². The van der Waals surface area contributed by atoms with Gasteiger partial charge in [0.2, 0.25) is 0 Å². The third-order valence-corrected chi connectivity index (χ3v) is 9.06. The van der Waals surface area contributed by atoms with Gasteiger partial charge in [-0.05, 0) is 73.8 Å². The van der Waals surface area contributed by atoms with Crippen molar-refractivity contribution in [3.8, 4) is 0 Å². The molecule has 0 aromatic rings. The van der Waals surface area contributed by atoms with E-state index in [0.29, 0.717) is 17.9 Å². The number of carbonyl (C=O) groups excluding carboxylic acids is 1. The van der Waals surface area contributed by atoms with E-state index in [1.54, 1.807) is 11.1 Å². The molecule has 0 aromatic heterocycles. The van der Waals surface area contributed by atoms with E-state index in [9.17, 15) is 4.79 Å². The third kappa shape index (κ3) is 13.0. The Morgan fingerprint density at radius 1 is 0.617 bits per heavy atom. The van der Waals surface area contributed by atoms with Gasteiger partial charge in [0.25, 0.3) is 0 Å². The average Bonchev–Trinajstić information content (AvgIpc) is 3.00. The Morgan fingerprint density at radius 2 is 1.11 bits per heavy atom. The Bertz CT molecular complexity index is 1240. The monoisotopic (exact) mass is 652 g/mol. The average molecular weight is 652 g/mol. The highest BCUT2D eigenvalue weighted by Crippen LogP contribution is 2.42. The van der Waals surface area contributed by atoms with Crippen molar-refractivity contribution in [2.24, 2.45) is 37.5 Å². The molecule has 3 heterocycles. The molecule has 0 bridgehead atoms. The number of carbonyl (C=O) groups is 1. The van der Waals surface area contributed by atoms with E-state index in [1.807, 2.05) is 6.92 Å². The Hall–Kier alpha value is -2.10. The minimum atomic E-state index is -0.131. The summed E-state index contributed by atoms with van der Waals surface area (Å²) in [6.45, 7) is 46.7. The Kier molecular flexibility index (Phi) is 13.9. The molecule has 0 radical (unpaired) electrons. The summed E-state index contributed by atoms with van der Waals surface area (Å²) < 4.78 is 0. The topological polar surface area (TPSA) is 53.5 Å². The molecule has 1 atom stereocenters. The molecular formula is C43H77N3O. The van der Waals surface area contributed by atoms with Crippen molar-refractivity contribution in [2.45, 2.75) is 184 Å². The van der Waals surface area contributed by atoms with Crippen LogP contribution in [0.25, 0.3) is 0 Å². The molecule has 0 saturated heterocycles. The SMILES string of the molecule is CC1=CCC(C(C)(C)C)=C(C(C)(C)C)N1.CC1=NC(C(C)(C)C)=C(C(C)(C)C)C(=O)CC1.CC1CCC(C(C)(C)C)=C(C(C)(C)C)N1. The number of nitrogens with one attached hydrogen (secondary N) is 2. The highest BCUT2D eigenvalue weighted by atomic mass is 16.1. The molecular weight excluding hydrogens is 574 g/mol. The Morgan fingerprint density at radius 3 is 1.51 bits per heavy atom. The standard InChI is InChI=1S/C15H25NO.C14H27N.C14H25N/c1-10-8-9-11(17)12(14(2,3)4)13(16-10)15(5,6)7;2*1-10-8-9-11(13(2,3)4)12(15-10)14(5,6)7/h8-9H2,1-7H3;10,15H,8-9H2,1-7H3;8,15H,9H2,1-7H3. The minimum Gasteiger partial charge on any atom is -0.385 e. The zero-order chi connectivity index (χ0) is 37.1. The van der Waals surface area contributed by atoms with Crippen LogP contribution in [0.1, 0.15) is 178 Å².